The van der Waals surface area contributed by atoms with E-state index in [0.29, 0.717) is 35.7 Å². The fourth-order valence-corrected chi connectivity index (χ4v) is 4.25. The molecule has 1 heterocycles. The smallest absolute Gasteiger partial charge is 0.338 e. The number of hydrogen-bond acceptors (Lipinski definition) is 3. The number of benzene rings is 2. The second-order valence-corrected chi connectivity index (χ2v) is 8.61. The van der Waals surface area contributed by atoms with E-state index < -0.39 is 11.8 Å². The second kappa shape index (κ2) is 8.60. The zero-order valence-electron chi connectivity index (χ0n) is 15.8. The number of hydrogen-bond donors (Lipinski definition) is 1. The summed E-state index contributed by atoms with van der Waals surface area (Å²) in [5.41, 5.74) is 2.67. The van der Waals surface area contributed by atoms with Crippen LogP contribution in [0.2, 0.25) is 10.0 Å². The van der Waals surface area contributed by atoms with Gasteiger partial charge < -0.3 is 9.84 Å². The summed E-state index contributed by atoms with van der Waals surface area (Å²) in [6.45, 7) is 2.65. The van der Waals surface area contributed by atoms with Crippen LogP contribution in [0.5, 0.6) is 0 Å². The molecule has 4 nitrogen and oxygen atoms in total. The molecule has 2 fully saturated rings. The number of carbonyl (C=O) groups is 1. The summed E-state index contributed by atoms with van der Waals surface area (Å²) in [6, 6.07) is 8.52. The monoisotopic (exact) mass is 437 g/mol. The average Bonchev–Trinajstić information content (AvgIpc) is 3.50. The Kier molecular flexibility index (Phi) is 6.11. The quantitative estimate of drug-likeness (QED) is 0.678. The lowest BCUT2D eigenvalue weighted by Gasteiger charge is -2.33. The molecule has 2 aromatic rings. The van der Waals surface area contributed by atoms with Gasteiger partial charge in [0, 0.05) is 19.6 Å². The largest absolute Gasteiger partial charge is 0.478 e. The maximum atomic E-state index is 14.3. The van der Waals surface area contributed by atoms with Crippen LogP contribution in [-0.2, 0) is 17.7 Å². The van der Waals surface area contributed by atoms with Gasteiger partial charge in [0.1, 0.15) is 5.82 Å². The molecular formula is C22H22Cl2FNO3. The summed E-state index contributed by atoms with van der Waals surface area (Å²) >= 11 is 12.1. The molecule has 1 aliphatic carbocycles. The lowest BCUT2D eigenvalue weighted by atomic mass is 9.98. The van der Waals surface area contributed by atoms with Crippen molar-refractivity contribution in [2.45, 2.75) is 37.8 Å². The number of aromatic carboxylic acids is 1. The van der Waals surface area contributed by atoms with E-state index in [9.17, 15) is 14.3 Å². The SMILES string of the molecule is O=C(O)c1cc(C2CC2)c(CN2CCO[C@@H](Cc3ccc(Cl)c(Cl)c3)C2)cc1F. The third-order valence-electron chi connectivity index (χ3n) is 5.54. The molecule has 2 aromatic carbocycles. The molecule has 1 saturated heterocycles. The van der Waals surface area contributed by atoms with Crippen molar-refractivity contribution in [3.05, 3.63) is 68.4 Å². The van der Waals surface area contributed by atoms with Crippen LogP contribution in [0.25, 0.3) is 0 Å². The Morgan fingerprint density at radius 3 is 2.69 bits per heavy atom. The van der Waals surface area contributed by atoms with Crippen LogP contribution in [0.1, 0.15) is 45.8 Å². The fraction of sp³-hybridized carbons (Fsp3) is 0.409. The molecule has 0 unspecified atom stereocenters. The predicted octanol–water partition coefficient (Wildman–Crippen LogP) is 5.15. The van der Waals surface area contributed by atoms with E-state index in [2.05, 4.69) is 4.90 Å². The molecular weight excluding hydrogens is 416 g/mol. The number of morpholine rings is 1. The summed E-state index contributed by atoms with van der Waals surface area (Å²) in [5.74, 6) is -1.54. The number of carboxylic acid groups (broad SMARTS) is 1. The third-order valence-corrected chi connectivity index (χ3v) is 6.28. The normalized spacial score (nSPS) is 20.0. The van der Waals surface area contributed by atoms with Crippen molar-refractivity contribution in [1.82, 2.24) is 4.90 Å². The van der Waals surface area contributed by atoms with E-state index >= 15 is 0 Å². The first-order valence-corrected chi connectivity index (χ1v) is 10.5. The Morgan fingerprint density at radius 1 is 1.21 bits per heavy atom. The Labute approximate surface area is 179 Å². The van der Waals surface area contributed by atoms with Gasteiger partial charge in [-0.25, -0.2) is 9.18 Å². The minimum atomic E-state index is -1.22. The molecule has 29 heavy (non-hydrogen) atoms. The average molecular weight is 438 g/mol. The van der Waals surface area contributed by atoms with Gasteiger partial charge in [0.2, 0.25) is 0 Å². The van der Waals surface area contributed by atoms with E-state index in [-0.39, 0.29) is 11.7 Å². The van der Waals surface area contributed by atoms with Crippen LogP contribution in [0, 0.1) is 5.82 Å². The molecule has 2 aliphatic rings. The molecule has 4 rings (SSSR count). The summed E-state index contributed by atoms with van der Waals surface area (Å²) in [6.07, 6.45) is 2.78. The third kappa shape index (κ3) is 4.92. The predicted molar refractivity (Wildman–Crippen MR) is 111 cm³/mol. The van der Waals surface area contributed by atoms with Crippen molar-refractivity contribution in [1.29, 1.82) is 0 Å². The molecule has 0 bridgehead atoms. The first kappa shape index (κ1) is 20.6. The van der Waals surface area contributed by atoms with Gasteiger partial charge in [-0.3, -0.25) is 4.90 Å². The number of nitrogens with zero attached hydrogens (tertiary/aromatic N) is 1. The Hall–Kier alpha value is -1.66. The van der Waals surface area contributed by atoms with Crippen molar-refractivity contribution in [2.75, 3.05) is 19.7 Å². The Morgan fingerprint density at radius 2 is 2.00 bits per heavy atom. The topological polar surface area (TPSA) is 49.8 Å². The molecule has 0 amide bonds. The zero-order chi connectivity index (χ0) is 20.5. The van der Waals surface area contributed by atoms with E-state index in [1.165, 1.54) is 12.1 Å². The molecule has 1 saturated carbocycles. The highest BCUT2D eigenvalue weighted by Gasteiger charge is 2.30. The van der Waals surface area contributed by atoms with Crippen LogP contribution < -0.4 is 0 Å². The van der Waals surface area contributed by atoms with Crippen molar-refractivity contribution >= 4 is 29.2 Å². The fourth-order valence-electron chi connectivity index (χ4n) is 3.92. The number of rotatable bonds is 6. The molecule has 1 atom stereocenters. The second-order valence-electron chi connectivity index (χ2n) is 7.79. The summed E-state index contributed by atoms with van der Waals surface area (Å²) in [7, 11) is 0. The maximum Gasteiger partial charge on any atom is 0.338 e. The zero-order valence-corrected chi connectivity index (χ0v) is 17.3. The molecule has 7 heteroatoms. The van der Waals surface area contributed by atoms with Crippen LogP contribution in [0.3, 0.4) is 0 Å². The van der Waals surface area contributed by atoms with Crippen molar-refractivity contribution in [3.63, 3.8) is 0 Å². The summed E-state index contributed by atoms with van der Waals surface area (Å²) < 4.78 is 20.2. The van der Waals surface area contributed by atoms with Crippen LogP contribution in [-0.4, -0.2) is 41.8 Å². The summed E-state index contributed by atoms with van der Waals surface area (Å²) in [5, 5.41) is 10.3. The molecule has 1 N–H and O–H groups in total. The first-order chi connectivity index (χ1) is 13.9. The van der Waals surface area contributed by atoms with Gasteiger partial charge >= 0.3 is 5.97 Å². The van der Waals surface area contributed by atoms with E-state index in [0.717, 1.165) is 42.5 Å². The lowest BCUT2D eigenvalue weighted by molar-refractivity contribution is -0.0305. The van der Waals surface area contributed by atoms with Crippen molar-refractivity contribution in [2.24, 2.45) is 0 Å². The maximum absolute atomic E-state index is 14.3. The number of ether oxygens (including phenoxy) is 1. The molecule has 0 radical (unpaired) electrons. The van der Waals surface area contributed by atoms with Crippen molar-refractivity contribution in [3.8, 4) is 0 Å². The van der Waals surface area contributed by atoms with Gasteiger partial charge in [-0.1, -0.05) is 29.3 Å². The Balaban J connectivity index is 1.47. The molecule has 1 aliphatic heterocycles. The molecule has 0 aromatic heterocycles. The van der Waals surface area contributed by atoms with Gasteiger partial charge in [0.25, 0.3) is 0 Å². The van der Waals surface area contributed by atoms with Gasteiger partial charge in [0.15, 0.2) is 0 Å². The molecule has 154 valence electrons. The van der Waals surface area contributed by atoms with E-state index in [4.69, 9.17) is 27.9 Å². The van der Waals surface area contributed by atoms with E-state index in [1.54, 1.807) is 6.07 Å². The summed E-state index contributed by atoms with van der Waals surface area (Å²) in [4.78, 5) is 13.5. The first-order valence-electron chi connectivity index (χ1n) is 9.74. The van der Waals surface area contributed by atoms with Gasteiger partial charge in [-0.15, -0.1) is 0 Å². The van der Waals surface area contributed by atoms with Crippen LogP contribution >= 0.6 is 23.2 Å². The highest BCUT2D eigenvalue weighted by Crippen LogP contribution is 2.42. The lowest BCUT2D eigenvalue weighted by Crippen LogP contribution is -2.43. The van der Waals surface area contributed by atoms with E-state index in [1.807, 2.05) is 12.1 Å². The Bertz CT molecular complexity index is 933. The number of halogens is 3. The standard InChI is InChI=1S/C22H22Cl2FNO3/c23-19-4-1-13(8-20(19)24)7-16-12-26(5-6-29-16)11-15-9-21(25)18(22(27)28)10-17(15)14-2-3-14/h1,4,8-10,14,16H,2-3,5-7,11-12H2,(H,27,28)/t16-/m0/s1. The minimum absolute atomic E-state index is 0.00788. The highest BCUT2D eigenvalue weighted by molar-refractivity contribution is 6.42. The van der Waals surface area contributed by atoms with Crippen molar-refractivity contribution < 1.29 is 19.0 Å². The van der Waals surface area contributed by atoms with Gasteiger partial charge in [-0.2, -0.15) is 0 Å². The van der Waals surface area contributed by atoms with Crippen LogP contribution in [0.15, 0.2) is 30.3 Å². The number of carboxylic acids is 1. The van der Waals surface area contributed by atoms with Gasteiger partial charge in [-0.05, 0) is 66.1 Å². The highest BCUT2D eigenvalue weighted by atomic mass is 35.5. The van der Waals surface area contributed by atoms with Crippen LogP contribution in [0.4, 0.5) is 4.39 Å². The minimum Gasteiger partial charge on any atom is -0.478 e. The molecule has 0 spiro atoms. The van der Waals surface area contributed by atoms with Gasteiger partial charge in [0.05, 0.1) is 28.3 Å².